The first-order valence-corrected chi connectivity index (χ1v) is 6.16. The summed E-state index contributed by atoms with van der Waals surface area (Å²) in [7, 11) is 1.78. The SMILES string of the molecule is Cn1cnc(C(=O)Nc2ccc(Cl)cc2C#CCO)c1. The van der Waals surface area contributed by atoms with Gasteiger partial charge in [0.25, 0.3) is 5.91 Å². The number of aromatic nitrogens is 2. The number of aliphatic hydroxyl groups is 1. The molecule has 20 heavy (non-hydrogen) atoms. The molecule has 2 rings (SSSR count). The highest BCUT2D eigenvalue weighted by Gasteiger charge is 2.11. The van der Waals surface area contributed by atoms with Gasteiger partial charge in [0.2, 0.25) is 0 Å². The molecular weight excluding hydrogens is 278 g/mol. The largest absolute Gasteiger partial charge is 0.384 e. The molecule has 2 N–H and O–H groups in total. The van der Waals surface area contributed by atoms with Crippen molar-refractivity contribution in [2.75, 3.05) is 11.9 Å². The van der Waals surface area contributed by atoms with Crippen LogP contribution in [0.3, 0.4) is 0 Å². The molecule has 0 unspecified atom stereocenters. The fourth-order valence-electron chi connectivity index (χ4n) is 1.58. The summed E-state index contributed by atoms with van der Waals surface area (Å²) >= 11 is 5.89. The van der Waals surface area contributed by atoms with Crippen LogP contribution in [0.1, 0.15) is 16.1 Å². The Morgan fingerprint density at radius 3 is 3.00 bits per heavy atom. The Morgan fingerprint density at radius 2 is 2.35 bits per heavy atom. The van der Waals surface area contributed by atoms with Crippen molar-refractivity contribution < 1.29 is 9.90 Å². The third-order valence-corrected chi connectivity index (χ3v) is 2.70. The summed E-state index contributed by atoms with van der Waals surface area (Å²) in [5, 5.41) is 12.0. The van der Waals surface area contributed by atoms with Crippen molar-refractivity contribution in [3.8, 4) is 11.8 Å². The fraction of sp³-hybridized carbons (Fsp3) is 0.143. The minimum Gasteiger partial charge on any atom is -0.384 e. The molecule has 102 valence electrons. The molecule has 0 aliphatic carbocycles. The third-order valence-electron chi connectivity index (χ3n) is 2.47. The van der Waals surface area contributed by atoms with Crippen LogP contribution in [0.4, 0.5) is 5.69 Å². The third kappa shape index (κ3) is 3.38. The number of nitrogens with zero attached hydrogens (tertiary/aromatic N) is 2. The first-order valence-electron chi connectivity index (χ1n) is 5.79. The standard InChI is InChI=1S/C14H12ClN3O2/c1-18-8-13(16-9-18)14(20)17-12-5-4-11(15)7-10(12)3-2-6-19/h4-5,7-9,19H,6H2,1H3,(H,17,20). The van der Waals surface area contributed by atoms with Gasteiger partial charge >= 0.3 is 0 Å². The molecule has 6 heteroatoms. The predicted octanol–water partition coefficient (Wildman–Crippen LogP) is 1.67. The van der Waals surface area contributed by atoms with Crippen LogP contribution < -0.4 is 5.32 Å². The predicted molar refractivity (Wildman–Crippen MR) is 76.6 cm³/mol. The van der Waals surface area contributed by atoms with E-state index in [1.165, 1.54) is 0 Å². The summed E-state index contributed by atoms with van der Waals surface area (Å²) in [5.74, 6) is 4.93. The first kappa shape index (κ1) is 14.1. The van der Waals surface area contributed by atoms with Gasteiger partial charge in [-0.15, -0.1) is 0 Å². The van der Waals surface area contributed by atoms with Gasteiger partial charge in [-0.3, -0.25) is 4.79 Å². The summed E-state index contributed by atoms with van der Waals surface area (Å²) in [5.41, 5.74) is 1.37. The minimum atomic E-state index is -0.333. The zero-order chi connectivity index (χ0) is 14.5. The second-order valence-corrected chi connectivity index (χ2v) is 4.46. The van der Waals surface area contributed by atoms with Crippen LogP contribution in [-0.4, -0.2) is 27.2 Å². The maximum atomic E-state index is 12.0. The number of carbonyl (C=O) groups is 1. The van der Waals surface area contributed by atoms with Crippen molar-refractivity contribution in [1.82, 2.24) is 9.55 Å². The van der Waals surface area contributed by atoms with Crippen molar-refractivity contribution in [3.05, 3.63) is 47.0 Å². The molecule has 0 saturated heterocycles. The lowest BCUT2D eigenvalue weighted by Crippen LogP contribution is -2.13. The van der Waals surface area contributed by atoms with E-state index in [0.29, 0.717) is 22.0 Å². The number of amides is 1. The van der Waals surface area contributed by atoms with Crippen LogP contribution in [0.2, 0.25) is 5.02 Å². The number of rotatable bonds is 2. The number of aryl methyl sites for hydroxylation is 1. The summed E-state index contributed by atoms with van der Waals surface area (Å²) in [6.07, 6.45) is 3.16. The molecule has 0 atom stereocenters. The number of aliphatic hydroxyl groups excluding tert-OH is 1. The highest BCUT2D eigenvalue weighted by atomic mass is 35.5. The van der Waals surface area contributed by atoms with E-state index in [9.17, 15) is 4.79 Å². The molecule has 0 radical (unpaired) electrons. The van der Waals surface area contributed by atoms with Gasteiger partial charge in [0.15, 0.2) is 0 Å². The van der Waals surface area contributed by atoms with Crippen LogP contribution in [0, 0.1) is 11.8 Å². The lowest BCUT2D eigenvalue weighted by Gasteiger charge is -2.06. The average molecular weight is 290 g/mol. The maximum absolute atomic E-state index is 12.0. The smallest absolute Gasteiger partial charge is 0.275 e. The Balaban J connectivity index is 2.26. The highest BCUT2D eigenvalue weighted by Crippen LogP contribution is 2.20. The van der Waals surface area contributed by atoms with E-state index in [4.69, 9.17) is 16.7 Å². The zero-order valence-corrected chi connectivity index (χ0v) is 11.5. The van der Waals surface area contributed by atoms with Gasteiger partial charge in [0.05, 0.1) is 12.0 Å². The Morgan fingerprint density at radius 1 is 1.55 bits per heavy atom. The number of carbonyl (C=O) groups excluding carboxylic acids is 1. The van der Waals surface area contributed by atoms with Crippen LogP contribution in [-0.2, 0) is 7.05 Å². The van der Waals surface area contributed by atoms with Crippen molar-refractivity contribution in [2.45, 2.75) is 0 Å². The molecule has 0 fully saturated rings. The average Bonchev–Trinajstić information content (AvgIpc) is 2.85. The molecule has 1 heterocycles. The van der Waals surface area contributed by atoms with Crippen LogP contribution in [0.15, 0.2) is 30.7 Å². The number of nitrogens with one attached hydrogen (secondary N) is 1. The molecule has 2 aromatic rings. The van der Waals surface area contributed by atoms with E-state index in [0.717, 1.165) is 0 Å². The molecule has 1 amide bonds. The van der Waals surface area contributed by atoms with E-state index in [1.807, 2.05) is 0 Å². The van der Waals surface area contributed by atoms with Crippen LogP contribution >= 0.6 is 11.6 Å². The van der Waals surface area contributed by atoms with Crippen LogP contribution in [0.5, 0.6) is 0 Å². The number of anilines is 1. The number of benzene rings is 1. The van der Waals surface area contributed by atoms with E-state index in [-0.39, 0.29) is 12.5 Å². The normalized spacial score (nSPS) is 9.75. The molecule has 0 bridgehead atoms. The molecule has 0 aliphatic rings. The summed E-state index contributed by atoms with van der Waals surface area (Å²) in [6.45, 7) is -0.264. The molecule has 0 spiro atoms. The quantitative estimate of drug-likeness (QED) is 0.827. The topological polar surface area (TPSA) is 67.2 Å². The Bertz CT molecular complexity index is 698. The second kappa shape index (κ2) is 6.24. The van der Waals surface area contributed by atoms with Gasteiger partial charge in [-0.1, -0.05) is 23.4 Å². The van der Waals surface area contributed by atoms with Gasteiger partial charge in [0, 0.05) is 23.8 Å². The molecule has 0 aliphatic heterocycles. The van der Waals surface area contributed by atoms with E-state index >= 15 is 0 Å². The van der Waals surface area contributed by atoms with Crippen LogP contribution in [0.25, 0.3) is 0 Å². The van der Waals surface area contributed by atoms with Gasteiger partial charge < -0.3 is 15.0 Å². The maximum Gasteiger partial charge on any atom is 0.275 e. The number of halogens is 1. The van der Waals surface area contributed by atoms with Crippen molar-refractivity contribution in [2.24, 2.45) is 7.05 Å². The van der Waals surface area contributed by atoms with E-state index in [2.05, 4.69) is 22.1 Å². The zero-order valence-electron chi connectivity index (χ0n) is 10.7. The van der Waals surface area contributed by atoms with Gasteiger partial charge in [-0.2, -0.15) is 0 Å². The lowest BCUT2D eigenvalue weighted by atomic mass is 10.1. The van der Waals surface area contributed by atoms with Crippen molar-refractivity contribution >= 4 is 23.2 Å². The Hall–Kier alpha value is -2.29. The van der Waals surface area contributed by atoms with E-state index in [1.54, 1.807) is 42.3 Å². The highest BCUT2D eigenvalue weighted by molar-refractivity contribution is 6.30. The monoisotopic (exact) mass is 289 g/mol. The van der Waals surface area contributed by atoms with Gasteiger partial charge in [-0.05, 0) is 18.2 Å². The number of imidazole rings is 1. The molecule has 1 aromatic carbocycles. The lowest BCUT2D eigenvalue weighted by molar-refractivity contribution is 0.102. The van der Waals surface area contributed by atoms with Crippen molar-refractivity contribution in [3.63, 3.8) is 0 Å². The summed E-state index contributed by atoms with van der Waals surface area (Å²) in [4.78, 5) is 16.0. The van der Waals surface area contributed by atoms with E-state index < -0.39 is 0 Å². The first-order chi connectivity index (χ1) is 9.60. The molecular formula is C14H12ClN3O2. The van der Waals surface area contributed by atoms with Crippen molar-refractivity contribution in [1.29, 1.82) is 0 Å². The van der Waals surface area contributed by atoms with Gasteiger partial charge in [-0.25, -0.2) is 4.98 Å². The molecule has 5 nitrogen and oxygen atoms in total. The molecule has 1 aromatic heterocycles. The summed E-state index contributed by atoms with van der Waals surface area (Å²) in [6, 6.07) is 4.93. The summed E-state index contributed by atoms with van der Waals surface area (Å²) < 4.78 is 1.68. The Kier molecular flexibility index (Phi) is 4.41. The number of hydrogen-bond acceptors (Lipinski definition) is 3. The fourth-order valence-corrected chi connectivity index (χ4v) is 1.75. The molecule has 0 saturated carbocycles. The number of hydrogen-bond donors (Lipinski definition) is 2. The second-order valence-electron chi connectivity index (χ2n) is 4.03. The van der Waals surface area contributed by atoms with Gasteiger partial charge in [0.1, 0.15) is 12.3 Å². The minimum absolute atomic E-state index is 0.264. The Labute approximate surface area is 121 Å².